The molecule has 3 rings (SSSR count). The van der Waals surface area contributed by atoms with Gasteiger partial charge in [-0.15, -0.1) is 0 Å². The van der Waals surface area contributed by atoms with Crippen LogP contribution in [0.4, 0.5) is 0 Å². The summed E-state index contributed by atoms with van der Waals surface area (Å²) < 4.78 is 2.28. The number of hydrogen-bond donors (Lipinski definition) is 0. The Labute approximate surface area is 187 Å². The molecule has 0 N–H and O–H groups in total. The van der Waals surface area contributed by atoms with Gasteiger partial charge in [0.2, 0.25) is 5.91 Å². The monoisotopic (exact) mass is 416 g/mol. The standard InChI is InChI=1S/C28H36N2O/c1-4-6-10-18-30(28(31)27(5-2)25-15-8-7-9-16-25)22-26-17-12-19-29(26)21-24-14-11-13-23(3)20-24/h7-9,11-17,19-20,27H,4-6,10,18,21-22H2,1-3H3. The summed E-state index contributed by atoms with van der Waals surface area (Å²) in [4.78, 5) is 15.7. The number of carbonyl (C=O) groups is 1. The molecule has 0 saturated carbocycles. The van der Waals surface area contributed by atoms with Crippen molar-refractivity contribution in [1.29, 1.82) is 0 Å². The molecular weight excluding hydrogens is 380 g/mol. The van der Waals surface area contributed by atoms with Gasteiger partial charge >= 0.3 is 0 Å². The van der Waals surface area contributed by atoms with Crippen LogP contribution in [0.25, 0.3) is 0 Å². The molecule has 1 atom stereocenters. The topological polar surface area (TPSA) is 25.2 Å². The van der Waals surface area contributed by atoms with E-state index < -0.39 is 0 Å². The highest BCUT2D eigenvalue weighted by Crippen LogP contribution is 2.24. The van der Waals surface area contributed by atoms with Gasteiger partial charge < -0.3 is 9.47 Å². The first-order valence-corrected chi connectivity index (χ1v) is 11.7. The van der Waals surface area contributed by atoms with Gasteiger partial charge in [-0.1, -0.05) is 86.8 Å². The predicted molar refractivity (Wildman–Crippen MR) is 129 cm³/mol. The third-order valence-electron chi connectivity index (χ3n) is 5.96. The van der Waals surface area contributed by atoms with Crippen molar-refractivity contribution in [2.45, 2.75) is 65.5 Å². The van der Waals surface area contributed by atoms with Gasteiger partial charge in [0, 0.05) is 25.0 Å². The zero-order valence-corrected chi connectivity index (χ0v) is 19.3. The molecule has 0 spiro atoms. The second kappa shape index (κ2) is 11.5. The molecule has 0 radical (unpaired) electrons. The smallest absolute Gasteiger partial charge is 0.230 e. The first kappa shape index (κ1) is 22.9. The Morgan fingerprint density at radius 1 is 0.968 bits per heavy atom. The molecule has 1 aromatic heterocycles. The van der Waals surface area contributed by atoms with Gasteiger partial charge in [-0.05, 0) is 43.0 Å². The lowest BCUT2D eigenvalue weighted by atomic mass is 9.94. The molecule has 3 aromatic rings. The highest BCUT2D eigenvalue weighted by atomic mass is 16.2. The Kier molecular flexibility index (Phi) is 8.52. The van der Waals surface area contributed by atoms with Crippen molar-refractivity contribution in [3.8, 4) is 0 Å². The van der Waals surface area contributed by atoms with Crippen molar-refractivity contribution in [3.63, 3.8) is 0 Å². The molecule has 164 valence electrons. The summed E-state index contributed by atoms with van der Waals surface area (Å²) in [6.45, 7) is 8.74. The first-order valence-electron chi connectivity index (χ1n) is 11.7. The minimum Gasteiger partial charge on any atom is -0.345 e. The van der Waals surface area contributed by atoms with E-state index in [0.29, 0.717) is 6.54 Å². The minimum absolute atomic E-state index is 0.0805. The lowest BCUT2D eigenvalue weighted by molar-refractivity contribution is -0.133. The first-order chi connectivity index (χ1) is 15.1. The lowest BCUT2D eigenvalue weighted by Crippen LogP contribution is -2.36. The Morgan fingerprint density at radius 3 is 2.48 bits per heavy atom. The van der Waals surface area contributed by atoms with Crippen molar-refractivity contribution < 1.29 is 4.79 Å². The van der Waals surface area contributed by atoms with E-state index in [2.05, 4.69) is 85.0 Å². The molecular formula is C28H36N2O. The van der Waals surface area contributed by atoms with E-state index >= 15 is 0 Å². The molecule has 0 aliphatic rings. The Morgan fingerprint density at radius 2 is 1.77 bits per heavy atom. The van der Waals surface area contributed by atoms with E-state index in [1.807, 2.05) is 18.2 Å². The average molecular weight is 417 g/mol. The molecule has 0 aliphatic carbocycles. The molecule has 1 unspecified atom stereocenters. The van der Waals surface area contributed by atoms with Crippen molar-refractivity contribution in [1.82, 2.24) is 9.47 Å². The summed E-state index contributed by atoms with van der Waals surface area (Å²) in [7, 11) is 0. The van der Waals surface area contributed by atoms with E-state index in [0.717, 1.165) is 44.3 Å². The van der Waals surface area contributed by atoms with Crippen LogP contribution >= 0.6 is 0 Å². The maximum atomic E-state index is 13.6. The summed E-state index contributed by atoms with van der Waals surface area (Å²) in [5.41, 5.74) is 4.87. The molecule has 0 aliphatic heterocycles. The fourth-order valence-corrected chi connectivity index (χ4v) is 4.23. The zero-order valence-electron chi connectivity index (χ0n) is 19.3. The number of amides is 1. The van der Waals surface area contributed by atoms with Crippen LogP contribution < -0.4 is 0 Å². The van der Waals surface area contributed by atoms with Gasteiger partial charge in [0.1, 0.15) is 0 Å². The summed E-state index contributed by atoms with van der Waals surface area (Å²) in [6, 6.07) is 23.1. The summed E-state index contributed by atoms with van der Waals surface area (Å²) in [5, 5.41) is 0. The fourth-order valence-electron chi connectivity index (χ4n) is 4.23. The number of hydrogen-bond acceptors (Lipinski definition) is 1. The number of aryl methyl sites for hydroxylation is 1. The average Bonchev–Trinajstić information content (AvgIpc) is 3.21. The summed E-state index contributed by atoms with van der Waals surface area (Å²) >= 11 is 0. The number of unbranched alkanes of at least 4 members (excludes halogenated alkanes) is 2. The maximum absolute atomic E-state index is 13.6. The van der Waals surface area contributed by atoms with Gasteiger partial charge in [-0.2, -0.15) is 0 Å². The van der Waals surface area contributed by atoms with Crippen molar-refractivity contribution in [3.05, 3.63) is 95.3 Å². The van der Waals surface area contributed by atoms with Crippen molar-refractivity contribution in [2.75, 3.05) is 6.54 Å². The van der Waals surface area contributed by atoms with Gasteiger partial charge in [0.05, 0.1) is 12.5 Å². The zero-order chi connectivity index (χ0) is 22.1. The number of benzene rings is 2. The fraction of sp³-hybridized carbons (Fsp3) is 0.393. The molecule has 3 nitrogen and oxygen atoms in total. The minimum atomic E-state index is -0.0805. The van der Waals surface area contributed by atoms with Crippen LogP contribution in [-0.2, 0) is 17.9 Å². The van der Waals surface area contributed by atoms with Crippen LogP contribution in [0, 0.1) is 6.92 Å². The van der Waals surface area contributed by atoms with Gasteiger partial charge in [0.25, 0.3) is 0 Å². The Hall–Kier alpha value is -2.81. The highest BCUT2D eigenvalue weighted by molar-refractivity contribution is 5.83. The highest BCUT2D eigenvalue weighted by Gasteiger charge is 2.25. The molecule has 1 amide bonds. The number of nitrogens with zero attached hydrogens (tertiary/aromatic N) is 2. The Bertz CT molecular complexity index is 944. The van der Waals surface area contributed by atoms with Crippen LogP contribution in [0.15, 0.2) is 72.9 Å². The maximum Gasteiger partial charge on any atom is 0.230 e. The quantitative estimate of drug-likeness (QED) is 0.325. The summed E-state index contributed by atoms with van der Waals surface area (Å²) in [6.07, 6.45) is 6.29. The van der Waals surface area contributed by atoms with Crippen LogP contribution in [0.3, 0.4) is 0 Å². The predicted octanol–water partition coefficient (Wildman–Crippen LogP) is 6.56. The van der Waals surface area contributed by atoms with Crippen LogP contribution in [0.1, 0.15) is 67.8 Å². The third kappa shape index (κ3) is 6.33. The van der Waals surface area contributed by atoms with E-state index in [9.17, 15) is 4.79 Å². The normalized spacial score (nSPS) is 12.0. The lowest BCUT2D eigenvalue weighted by Gasteiger charge is -2.28. The van der Waals surface area contributed by atoms with Crippen molar-refractivity contribution >= 4 is 5.91 Å². The number of rotatable bonds is 11. The number of carbonyl (C=O) groups excluding carboxylic acids is 1. The second-order valence-electron chi connectivity index (χ2n) is 8.45. The van der Waals surface area contributed by atoms with Crippen LogP contribution in [0.5, 0.6) is 0 Å². The van der Waals surface area contributed by atoms with E-state index in [1.165, 1.54) is 16.8 Å². The van der Waals surface area contributed by atoms with Gasteiger partial charge in [-0.3, -0.25) is 4.79 Å². The molecule has 0 fully saturated rings. The molecule has 3 heteroatoms. The van der Waals surface area contributed by atoms with Gasteiger partial charge in [-0.25, -0.2) is 0 Å². The van der Waals surface area contributed by atoms with E-state index in [-0.39, 0.29) is 11.8 Å². The van der Waals surface area contributed by atoms with Crippen molar-refractivity contribution in [2.24, 2.45) is 0 Å². The molecule has 1 heterocycles. The van der Waals surface area contributed by atoms with E-state index in [1.54, 1.807) is 0 Å². The second-order valence-corrected chi connectivity index (χ2v) is 8.45. The van der Waals surface area contributed by atoms with Crippen LogP contribution in [0.2, 0.25) is 0 Å². The molecule has 0 saturated heterocycles. The molecule has 2 aromatic carbocycles. The largest absolute Gasteiger partial charge is 0.345 e. The molecule has 31 heavy (non-hydrogen) atoms. The van der Waals surface area contributed by atoms with E-state index in [4.69, 9.17) is 0 Å². The van der Waals surface area contributed by atoms with Crippen LogP contribution in [-0.4, -0.2) is 21.9 Å². The molecule has 0 bridgehead atoms. The third-order valence-corrected chi connectivity index (χ3v) is 5.96. The SMILES string of the molecule is CCCCCN(Cc1cccn1Cc1cccc(C)c1)C(=O)C(CC)c1ccccc1. The van der Waals surface area contributed by atoms with Gasteiger partial charge in [0.15, 0.2) is 0 Å². The number of aromatic nitrogens is 1. The summed E-state index contributed by atoms with van der Waals surface area (Å²) in [5.74, 6) is 0.163. The Balaban J connectivity index is 1.80.